The van der Waals surface area contributed by atoms with Crippen molar-refractivity contribution < 1.29 is 27.2 Å². The van der Waals surface area contributed by atoms with E-state index in [-0.39, 0.29) is 34.5 Å². The minimum Gasteiger partial charge on any atom is -0.345 e. The largest absolute Gasteiger partial charge is 0.416 e. The number of aromatic nitrogens is 5. The Hall–Kier alpha value is -3.50. The minimum absolute atomic E-state index is 0.0589. The number of rotatable bonds is 10. The number of alkyl halides is 3. The molecule has 9 nitrogen and oxygen atoms in total. The SMILES string of the molecule is CCSc1nnc(NC(=O)CSc2nnc(CNC(=O)c3cccc(F)c3)n2-c2cccc(C(F)(F)F)c2)s1. The molecule has 2 aromatic carbocycles. The maximum Gasteiger partial charge on any atom is 0.416 e. The Morgan fingerprint density at radius 3 is 2.56 bits per heavy atom. The van der Waals surface area contributed by atoms with Gasteiger partial charge in [0, 0.05) is 5.56 Å². The molecule has 0 aliphatic rings. The van der Waals surface area contributed by atoms with Crippen molar-refractivity contribution in [3.63, 3.8) is 0 Å². The number of amides is 2. The fourth-order valence-corrected chi connectivity index (χ4v) is 5.64. The molecule has 2 aromatic heterocycles. The predicted octanol–water partition coefficient (Wildman–Crippen LogP) is 5.05. The van der Waals surface area contributed by atoms with Crippen molar-refractivity contribution in [1.29, 1.82) is 0 Å². The summed E-state index contributed by atoms with van der Waals surface area (Å²) in [5, 5.41) is 21.6. The highest BCUT2D eigenvalue weighted by Crippen LogP contribution is 2.32. The molecule has 0 bridgehead atoms. The Balaban J connectivity index is 1.54. The zero-order valence-electron chi connectivity index (χ0n) is 20.0. The molecule has 2 heterocycles. The number of thioether (sulfide) groups is 2. The summed E-state index contributed by atoms with van der Waals surface area (Å²) in [7, 11) is 0. The van der Waals surface area contributed by atoms with E-state index < -0.39 is 29.4 Å². The van der Waals surface area contributed by atoms with Crippen molar-refractivity contribution in [2.45, 2.75) is 29.1 Å². The first-order valence-electron chi connectivity index (χ1n) is 11.2. The van der Waals surface area contributed by atoms with Crippen LogP contribution in [0.5, 0.6) is 0 Å². The summed E-state index contributed by atoms with van der Waals surface area (Å²) in [5.41, 5.74) is -0.754. The normalized spacial score (nSPS) is 11.4. The second-order valence-electron chi connectivity index (χ2n) is 7.62. The van der Waals surface area contributed by atoms with E-state index in [0.29, 0.717) is 9.47 Å². The van der Waals surface area contributed by atoms with Crippen LogP contribution in [0.25, 0.3) is 5.69 Å². The van der Waals surface area contributed by atoms with Gasteiger partial charge in [-0.1, -0.05) is 53.9 Å². The topological polar surface area (TPSA) is 115 Å². The van der Waals surface area contributed by atoms with Crippen LogP contribution in [0.2, 0.25) is 0 Å². The highest BCUT2D eigenvalue weighted by atomic mass is 32.2. The van der Waals surface area contributed by atoms with Gasteiger partial charge in [0.2, 0.25) is 11.0 Å². The molecule has 16 heteroatoms. The summed E-state index contributed by atoms with van der Waals surface area (Å²) < 4.78 is 55.7. The van der Waals surface area contributed by atoms with Crippen LogP contribution in [0.3, 0.4) is 0 Å². The van der Waals surface area contributed by atoms with E-state index in [1.165, 1.54) is 58.0 Å². The maximum absolute atomic E-state index is 13.5. The Kier molecular flexibility index (Phi) is 9.19. The summed E-state index contributed by atoms with van der Waals surface area (Å²) in [6.07, 6.45) is -4.60. The summed E-state index contributed by atoms with van der Waals surface area (Å²) in [6, 6.07) is 9.53. The Morgan fingerprint density at radius 2 is 1.82 bits per heavy atom. The predicted molar refractivity (Wildman–Crippen MR) is 140 cm³/mol. The monoisotopic (exact) mass is 597 g/mol. The van der Waals surface area contributed by atoms with Crippen LogP contribution < -0.4 is 10.6 Å². The Labute approximate surface area is 231 Å². The molecule has 2 amide bonds. The van der Waals surface area contributed by atoms with Crippen LogP contribution in [-0.4, -0.2) is 48.3 Å². The summed E-state index contributed by atoms with van der Waals surface area (Å²) in [6.45, 7) is 1.73. The number of nitrogens with zero attached hydrogens (tertiary/aromatic N) is 5. The first kappa shape index (κ1) is 28.5. The molecule has 0 unspecified atom stereocenters. The number of hydrogen-bond donors (Lipinski definition) is 2. The lowest BCUT2D eigenvalue weighted by Gasteiger charge is -2.13. The van der Waals surface area contributed by atoms with Crippen molar-refractivity contribution in [1.82, 2.24) is 30.3 Å². The lowest BCUT2D eigenvalue weighted by atomic mass is 10.2. The molecule has 0 saturated carbocycles. The van der Waals surface area contributed by atoms with Gasteiger partial charge in [-0.05, 0) is 42.2 Å². The van der Waals surface area contributed by atoms with Crippen molar-refractivity contribution in [3.8, 4) is 5.69 Å². The van der Waals surface area contributed by atoms with Gasteiger partial charge in [0.1, 0.15) is 5.82 Å². The van der Waals surface area contributed by atoms with Crippen LogP contribution in [0, 0.1) is 5.82 Å². The Bertz CT molecular complexity index is 1480. The van der Waals surface area contributed by atoms with Gasteiger partial charge >= 0.3 is 6.18 Å². The molecule has 4 rings (SSSR count). The average Bonchev–Trinajstić information content (AvgIpc) is 3.52. The van der Waals surface area contributed by atoms with E-state index >= 15 is 0 Å². The van der Waals surface area contributed by atoms with Gasteiger partial charge in [0.25, 0.3) is 5.91 Å². The highest BCUT2D eigenvalue weighted by molar-refractivity contribution is 8.01. The molecule has 0 fully saturated rings. The van der Waals surface area contributed by atoms with Gasteiger partial charge in [-0.25, -0.2) is 4.39 Å². The van der Waals surface area contributed by atoms with E-state index in [0.717, 1.165) is 35.7 Å². The standard InChI is InChI=1S/C23H19F4N7O2S3/c1-2-37-22-33-31-20(39-22)29-18(35)12-38-21-32-30-17(11-28-19(36)13-5-3-7-15(24)9-13)34(21)16-8-4-6-14(10-16)23(25,26)27/h3-10H,2,11-12H2,1H3,(H,28,36)(H,29,31,35). The molecule has 0 aliphatic carbocycles. The lowest BCUT2D eigenvalue weighted by molar-refractivity contribution is -0.137. The van der Waals surface area contributed by atoms with E-state index in [1.54, 1.807) is 0 Å². The molecular weight excluding hydrogens is 578 g/mol. The first-order chi connectivity index (χ1) is 18.6. The van der Waals surface area contributed by atoms with Crippen LogP contribution in [0.4, 0.5) is 22.7 Å². The van der Waals surface area contributed by atoms with Gasteiger partial charge in [-0.3, -0.25) is 19.5 Å². The molecular formula is C23H19F4N7O2S3. The molecule has 0 atom stereocenters. The number of hydrogen-bond acceptors (Lipinski definition) is 9. The van der Waals surface area contributed by atoms with Gasteiger partial charge in [-0.15, -0.1) is 20.4 Å². The van der Waals surface area contributed by atoms with Crippen molar-refractivity contribution in [3.05, 3.63) is 71.3 Å². The van der Waals surface area contributed by atoms with Crippen LogP contribution >= 0.6 is 34.9 Å². The van der Waals surface area contributed by atoms with Crippen LogP contribution in [0.1, 0.15) is 28.7 Å². The quantitative estimate of drug-likeness (QED) is 0.148. The van der Waals surface area contributed by atoms with Crippen LogP contribution in [0.15, 0.2) is 58.0 Å². The van der Waals surface area contributed by atoms with E-state index in [2.05, 4.69) is 31.0 Å². The van der Waals surface area contributed by atoms with Crippen molar-refractivity contribution in [2.75, 3.05) is 16.8 Å². The number of nitrogens with one attached hydrogen (secondary N) is 2. The maximum atomic E-state index is 13.5. The number of carbonyl (C=O) groups is 2. The van der Waals surface area contributed by atoms with E-state index in [4.69, 9.17) is 0 Å². The number of halogens is 4. The average molecular weight is 598 g/mol. The second-order valence-corrected chi connectivity index (χ2v) is 11.0. The smallest absolute Gasteiger partial charge is 0.345 e. The molecule has 39 heavy (non-hydrogen) atoms. The number of carbonyl (C=O) groups excluding carboxylic acids is 2. The first-order valence-corrected chi connectivity index (χ1v) is 14.0. The zero-order valence-corrected chi connectivity index (χ0v) is 22.5. The highest BCUT2D eigenvalue weighted by Gasteiger charge is 2.31. The molecule has 4 aromatic rings. The van der Waals surface area contributed by atoms with Crippen molar-refractivity contribution in [2.24, 2.45) is 0 Å². The summed E-state index contributed by atoms with van der Waals surface area (Å²) in [4.78, 5) is 25.0. The molecule has 0 radical (unpaired) electrons. The van der Waals surface area contributed by atoms with Crippen LogP contribution in [-0.2, 0) is 17.5 Å². The third-order valence-corrected chi connectivity index (χ3v) is 7.66. The van der Waals surface area contributed by atoms with E-state index in [1.807, 2.05) is 6.92 Å². The second kappa shape index (κ2) is 12.6. The molecule has 2 N–H and O–H groups in total. The third kappa shape index (κ3) is 7.54. The fraction of sp³-hybridized carbons (Fsp3) is 0.217. The fourth-order valence-electron chi connectivity index (χ4n) is 3.21. The summed E-state index contributed by atoms with van der Waals surface area (Å²) in [5.74, 6) is -0.881. The molecule has 204 valence electrons. The molecule has 0 saturated heterocycles. The van der Waals surface area contributed by atoms with Gasteiger partial charge in [0.05, 0.1) is 23.5 Å². The van der Waals surface area contributed by atoms with Gasteiger partial charge in [-0.2, -0.15) is 13.2 Å². The number of benzene rings is 2. The zero-order chi connectivity index (χ0) is 28.0. The summed E-state index contributed by atoms with van der Waals surface area (Å²) >= 11 is 3.64. The van der Waals surface area contributed by atoms with E-state index in [9.17, 15) is 27.2 Å². The molecule has 0 spiro atoms. The third-order valence-electron chi connectivity index (χ3n) is 4.88. The van der Waals surface area contributed by atoms with Crippen molar-refractivity contribution >= 4 is 51.8 Å². The number of anilines is 1. The Morgan fingerprint density at radius 1 is 1.03 bits per heavy atom. The minimum atomic E-state index is -4.60. The lowest BCUT2D eigenvalue weighted by Crippen LogP contribution is -2.25. The van der Waals surface area contributed by atoms with Gasteiger partial charge < -0.3 is 5.32 Å². The molecule has 0 aliphatic heterocycles. The van der Waals surface area contributed by atoms with Gasteiger partial charge in [0.15, 0.2) is 15.3 Å².